The van der Waals surface area contributed by atoms with E-state index in [2.05, 4.69) is 6.92 Å². The minimum Gasteiger partial charge on any atom is -0.497 e. The van der Waals surface area contributed by atoms with Crippen LogP contribution in [0, 0.1) is 5.92 Å². The van der Waals surface area contributed by atoms with Crippen LogP contribution in [-0.4, -0.2) is 19.2 Å². The molecule has 1 aliphatic rings. The summed E-state index contributed by atoms with van der Waals surface area (Å²) >= 11 is 7.72. The molecule has 1 heterocycles. The molecule has 88 valence electrons. The molecule has 16 heavy (non-hydrogen) atoms. The fourth-order valence-corrected chi connectivity index (χ4v) is 3.24. The number of benzene rings is 1. The van der Waals surface area contributed by atoms with Crippen molar-refractivity contribution in [1.29, 1.82) is 0 Å². The molecule has 0 amide bonds. The average Bonchev–Trinajstić information content (AvgIpc) is 2.63. The highest BCUT2D eigenvalue weighted by Crippen LogP contribution is 2.36. The van der Waals surface area contributed by atoms with Crippen molar-refractivity contribution in [3.8, 4) is 5.75 Å². The maximum Gasteiger partial charge on any atom is 0.121 e. The van der Waals surface area contributed by atoms with E-state index in [0.29, 0.717) is 10.9 Å². The molecule has 4 heteroatoms. The van der Waals surface area contributed by atoms with Crippen LogP contribution in [0.4, 0.5) is 0 Å². The molecule has 1 fully saturated rings. The van der Waals surface area contributed by atoms with Gasteiger partial charge in [0.2, 0.25) is 0 Å². The Morgan fingerprint density at radius 1 is 1.44 bits per heavy atom. The monoisotopic (exact) mass is 258 g/mol. The molecule has 1 aliphatic heterocycles. The second-order valence-electron chi connectivity index (χ2n) is 4.05. The molecule has 1 unspecified atom stereocenters. The van der Waals surface area contributed by atoms with Crippen molar-refractivity contribution in [2.75, 3.05) is 13.7 Å². The molecule has 1 saturated heterocycles. The Balaban J connectivity index is 2.06. The van der Waals surface area contributed by atoms with Crippen molar-refractivity contribution in [2.24, 2.45) is 5.92 Å². The molecule has 0 N–H and O–H groups in total. The van der Waals surface area contributed by atoms with Crippen molar-refractivity contribution in [2.45, 2.75) is 23.7 Å². The van der Waals surface area contributed by atoms with Crippen LogP contribution < -0.4 is 4.74 Å². The molecule has 0 spiro atoms. The quantitative estimate of drug-likeness (QED) is 0.821. The topological polar surface area (TPSA) is 18.5 Å². The van der Waals surface area contributed by atoms with Gasteiger partial charge in [-0.1, -0.05) is 30.3 Å². The highest BCUT2D eigenvalue weighted by molar-refractivity contribution is 7.99. The Kier molecular flexibility index (Phi) is 4.00. The van der Waals surface area contributed by atoms with Gasteiger partial charge in [-0.3, -0.25) is 0 Å². The number of hydrogen-bond donors (Lipinski definition) is 0. The van der Waals surface area contributed by atoms with Crippen LogP contribution in [0.3, 0.4) is 0 Å². The minimum absolute atomic E-state index is 0.248. The Morgan fingerprint density at radius 3 is 2.88 bits per heavy atom. The smallest absolute Gasteiger partial charge is 0.121 e. The van der Waals surface area contributed by atoms with E-state index in [1.54, 1.807) is 18.9 Å². The van der Waals surface area contributed by atoms with Gasteiger partial charge < -0.3 is 9.47 Å². The van der Waals surface area contributed by atoms with Crippen LogP contribution in [0.25, 0.3) is 0 Å². The Bertz CT molecular complexity index is 370. The summed E-state index contributed by atoms with van der Waals surface area (Å²) in [6.45, 7) is 3.06. The normalized spacial score (nSPS) is 24.7. The third-order valence-corrected chi connectivity index (χ3v) is 3.83. The predicted molar refractivity (Wildman–Crippen MR) is 67.4 cm³/mol. The first-order valence-corrected chi connectivity index (χ1v) is 6.56. The summed E-state index contributed by atoms with van der Waals surface area (Å²) < 4.78 is 10.8. The van der Waals surface area contributed by atoms with Gasteiger partial charge in [0.25, 0.3) is 0 Å². The van der Waals surface area contributed by atoms with E-state index in [-0.39, 0.29) is 5.44 Å². The molecule has 0 aromatic heterocycles. The van der Waals surface area contributed by atoms with Gasteiger partial charge >= 0.3 is 0 Å². The van der Waals surface area contributed by atoms with Gasteiger partial charge in [0, 0.05) is 9.92 Å². The van der Waals surface area contributed by atoms with E-state index in [1.807, 2.05) is 18.2 Å². The zero-order valence-corrected chi connectivity index (χ0v) is 11.0. The van der Waals surface area contributed by atoms with Crippen molar-refractivity contribution in [1.82, 2.24) is 0 Å². The van der Waals surface area contributed by atoms with E-state index in [1.165, 1.54) is 0 Å². The molecular formula is C12H15ClO2S. The largest absolute Gasteiger partial charge is 0.497 e. The Labute approximate surface area is 105 Å². The summed E-state index contributed by atoms with van der Waals surface area (Å²) in [6, 6.07) is 5.74. The first-order valence-electron chi connectivity index (χ1n) is 5.30. The molecule has 2 rings (SSSR count). The molecule has 1 aromatic carbocycles. The summed E-state index contributed by atoms with van der Waals surface area (Å²) in [5.74, 6) is 1.44. The second-order valence-corrected chi connectivity index (χ2v) is 5.72. The molecule has 0 aliphatic carbocycles. The lowest BCUT2D eigenvalue weighted by Crippen LogP contribution is -1.98. The van der Waals surface area contributed by atoms with Crippen LogP contribution in [0.5, 0.6) is 5.75 Å². The summed E-state index contributed by atoms with van der Waals surface area (Å²) in [5.41, 5.74) is 0.248. The summed E-state index contributed by atoms with van der Waals surface area (Å²) in [5, 5.41) is 0.702. The lowest BCUT2D eigenvalue weighted by molar-refractivity contribution is 0.166. The van der Waals surface area contributed by atoms with Crippen LogP contribution >= 0.6 is 23.4 Å². The van der Waals surface area contributed by atoms with E-state index in [9.17, 15) is 0 Å². The summed E-state index contributed by atoms with van der Waals surface area (Å²) in [7, 11) is 1.65. The SMILES string of the molecule is COc1cc(Cl)cc(SC2C[C@@H](C)CO2)c1. The van der Waals surface area contributed by atoms with Gasteiger partial charge in [0.05, 0.1) is 13.7 Å². The van der Waals surface area contributed by atoms with Crippen LogP contribution in [0.15, 0.2) is 23.1 Å². The third kappa shape index (κ3) is 3.06. The number of methoxy groups -OCH3 is 1. The Hall–Kier alpha value is -0.380. The zero-order valence-electron chi connectivity index (χ0n) is 9.40. The molecule has 0 saturated carbocycles. The highest BCUT2D eigenvalue weighted by atomic mass is 35.5. The van der Waals surface area contributed by atoms with Gasteiger partial charge in [-0.2, -0.15) is 0 Å². The van der Waals surface area contributed by atoms with Gasteiger partial charge in [0.15, 0.2) is 0 Å². The second kappa shape index (κ2) is 5.30. The Morgan fingerprint density at radius 2 is 2.25 bits per heavy atom. The van der Waals surface area contributed by atoms with Crippen molar-refractivity contribution in [3.63, 3.8) is 0 Å². The number of halogens is 1. The number of hydrogen-bond acceptors (Lipinski definition) is 3. The number of ether oxygens (including phenoxy) is 2. The third-order valence-electron chi connectivity index (χ3n) is 2.51. The lowest BCUT2D eigenvalue weighted by Gasteiger charge is -2.10. The van der Waals surface area contributed by atoms with Crippen LogP contribution in [-0.2, 0) is 4.74 Å². The average molecular weight is 259 g/mol. The first-order chi connectivity index (χ1) is 7.67. The number of thioether (sulfide) groups is 1. The van der Waals surface area contributed by atoms with E-state index in [4.69, 9.17) is 21.1 Å². The zero-order chi connectivity index (χ0) is 11.5. The van der Waals surface area contributed by atoms with Gasteiger partial charge in [-0.05, 0) is 30.5 Å². The van der Waals surface area contributed by atoms with Crippen LogP contribution in [0.1, 0.15) is 13.3 Å². The molecular weight excluding hydrogens is 244 g/mol. The maximum absolute atomic E-state index is 6.01. The van der Waals surface area contributed by atoms with Crippen molar-refractivity contribution in [3.05, 3.63) is 23.2 Å². The first kappa shape index (κ1) is 12.1. The minimum atomic E-state index is 0.248. The van der Waals surface area contributed by atoms with E-state index >= 15 is 0 Å². The molecule has 0 bridgehead atoms. The fourth-order valence-electron chi connectivity index (χ4n) is 1.69. The fraction of sp³-hybridized carbons (Fsp3) is 0.500. The van der Waals surface area contributed by atoms with E-state index < -0.39 is 0 Å². The molecule has 2 atom stereocenters. The molecule has 1 aromatic rings. The van der Waals surface area contributed by atoms with E-state index in [0.717, 1.165) is 23.7 Å². The van der Waals surface area contributed by atoms with Gasteiger partial charge in [-0.25, -0.2) is 0 Å². The summed E-state index contributed by atoms with van der Waals surface area (Å²) in [6.07, 6.45) is 1.10. The van der Waals surface area contributed by atoms with Crippen molar-refractivity contribution < 1.29 is 9.47 Å². The van der Waals surface area contributed by atoms with Crippen LogP contribution in [0.2, 0.25) is 5.02 Å². The maximum atomic E-state index is 6.01. The molecule has 2 nitrogen and oxygen atoms in total. The highest BCUT2D eigenvalue weighted by Gasteiger charge is 2.23. The lowest BCUT2D eigenvalue weighted by atomic mass is 10.2. The summed E-state index contributed by atoms with van der Waals surface area (Å²) in [4.78, 5) is 1.10. The van der Waals surface area contributed by atoms with Gasteiger partial charge in [-0.15, -0.1) is 0 Å². The van der Waals surface area contributed by atoms with Crippen molar-refractivity contribution >= 4 is 23.4 Å². The van der Waals surface area contributed by atoms with Gasteiger partial charge in [0.1, 0.15) is 11.2 Å². The number of rotatable bonds is 3. The standard InChI is InChI=1S/C12H15ClO2S/c1-8-3-12(15-7-8)16-11-5-9(13)4-10(6-11)14-2/h4-6,8,12H,3,7H2,1-2H3/t8-,12?/m1/s1. The predicted octanol–water partition coefficient (Wildman–Crippen LogP) is 3.82. The molecule has 0 radical (unpaired) electrons.